The van der Waals surface area contributed by atoms with Gasteiger partial charge in [-0.1, -0.05) is 18.2 Å². The molecule has 0 fully saturated rings. The Morgan fingerprint density at radius 1 is 1.38 bits per heavy atom. The van der Waals surface area contributed by atoms with E-state index in [9.17, 15) is 9.90 Å². The third-order valence-electron chi connectivity index (χ3n) is 3.04. The minimum Gasteiger partial charge on any atom is -0.496 e. The van der Waals surface area contributed by atoms with Crippen LogP contribution in [0.25, 0.3) is 6.08 Å². The molecule has 5 nitrogen and oxygen atoms in total. The van der Waals surface area contributed by atoms with E-state index in [0.717, 1.165) is 5.56 Å². The number of rotatable bonds is 8. The molecule has 0 bridgehead atoms. The summed E-state index contributed by atoms with van der Waals surface area (Å²) in [5.41, 5.74) is -0.162. The van der Waals surface area contributed by atoms with Crippen molar-refractivity contribution in [2.24, 2.45) is 0 Å². The fourth-order valence-electron chi connectivity index (χ4n) is 1.72. The Balaban J connectivity index is 2.52. The van der Waals surface area contributed by atoms with Crippen LogP contribution in [-0.4, -0.2) is 44.0 Å². The van der Waals surface area contributed by atoms with Gasteiger partial charge in [0.1, 0.15) is 5.75 Å². The van der Waals surface area contributed by atoms with Crippen LogP contribution in [0.1, 0.15) is 18.9 Å². The molecular weight excluding hydrogens is 270 g/mol. The van der Waals surface area contributed by atoms with Crippen LogP contribution in [0.5, 0.6) is 5.75 Å². The van der Waals surface area contributed by atoms with Crippen molar-refractivity contribution >= 4 is 12.0 Å². The lowest BCUT2D eigenvalue weighted by atomic mass is 10.0. The van der Waals surface area contributed by atoms with Crippen LogP contribution in [0.15, 0.2) is 30.3 Å². The minimum atomic E-state index is -0.982. The van der Waals surface area contributed by atoms with Gasteiger partial charge in [-0.15, -0.1) is 0 Å². The molecule has 0 aliphatic heterocycles. The standard InChI is InChI=1S/C16H23NO4/c1-16(19,10-11-20-2)12-17-15(18)9-8-13-6-4-5-7-14(13)21-3/h4-9,19H,10-12H2,1-3H3,(H,17,18)/b9-8+. The fraction of sp³-hybridized carbons (Fsp3) is 0.438. The number of aliphatic hydroxyl groups is 1. The number of carbonyl (C=O) groups is 1. The van der Waals surface area contributed by atoms with Crippen LogP contribution in [0.4, 0.5) is 0 Å². The second kappa shape index (κ2) is 8.44. The highest BCUT2D eigenvalue weighted by Gasteiger charge is 2.20. The second-order valence-corrected chi connectivity index (χ2v) is 5.03. The lowest BCUT2D eigenvalue weighted by Crippen LogP contribution is -2.40. The average Bonchev–Trinajstić information content (AvgIpc) is 2.49. The van der Waals surface area contributed by atoms with Gasteiger partial charge < -0.3 is 19.9 Å². The lowest BCUT2D eigenvalue weighted by molar-refractivity contribution is -0.117. The SMILES string of the molecule is COCCC(C)(O)CNC(=O)/C=C/c1ccccc1OC. The molecule has 1 unspecified atom stereocenters. The molecule has 0 aliphatic carbocycles. The molecule has 0 spiro atoms. The summed E-state index contributed by atoms with van der Waals surface area (Å²) >= 11 is 0. The number of hydrogen-bond donors (Lipinski definition) is 2. The molecule has 0 radical (unpaired) electrons. The quantitative estimate of drug-likeness (QED) is 0.715. The highest BCUT2D eigenvalue weighted by atomic mass is 16.5. The lowest BCUT2D eigenvalue weighted by Gasteiger charge is -2.22. The summed E-state index contributed by atoms with van der Waals surface area (Å²) in [5, 5.41) is 12.7. The molecule has 0 aliphatic rings. The van der Waals surface area contributed by atoms with Crippen LogP contribution in [0, 0.1) is 0 Å². The smallest absolute Gasteiger partial charge is 0.244 e. The summed E-state index contributed by atoms with van der Waals surface area (Å²) in [6.45, 7) is 2.28. The summed E-state index contributed by atoms with van der Waals surface area (Å²) in [4.78, 5) is 11.8. The van der Waals surface area contributed by atoms with Gasteiger partial charge in [0.15, 0.2) is 0 Å². The summed E-state index contributed by atoms with van der Waals surface area (Å²) in [7, 11) is 3.16. The predicted octanol–water partition coefficient (Wildman–Crippen LogP) is 1.61. The Bertz CT molecular complexity index is 483. The third kappa shape index (κ3) is 6.42. The molecule has 2 N–H and O–H groups in total. The number of benzene rings is 1. The Kier molecular flexibility index (Phi) is 6.91. The molecule has 0 aromatic heterocycles. The maximum Gasteiger partial charge on any atom is 0.244 e. The van der Waals surface area contributed by atoms with Crippen molar-refractivity contribution in [1.29, 1.82) is 0 Å². The van der Waals surface area contributed by atoms with E-state index < -0.39 is 5.60 Å². The fourth-order valence-corrected chi connectivity index (χ4v) is 1.72. The van der Waals surface area contributed by atoms with Crippen molar-refractivity contribution in [3.63, 3.8) is 0 Å². The van der Waals surface area contributed by atoms with E-state index in [-0.39, 0.29) is 12.5 Å². The molecule has 1 rings (SSSR count). The maximum absolute atomic E-state index is 11.8. The van der Waals surface area contributed by atoms with Crippen molar-refractivity contribution in [2.45, 2.75) is 18.9 Å². The molecule has 116 valence electrons. The van der Waals surface area contributed by atoms with Gasteiger partial charge in [-0.25, -0.2) is 0 Å². The monoisotopic (exact) mass is 293 g/mol. The van der Waals surface area contributed by atoms with E-state index in [1.54, 1.807) is 27.2 Å². The maximum atomic E-state index is 11.8. The number of methoxy groups -OCH3 is 2. The highest BCUT2D eigenvalue weighted by molar-refractivity contribution is 5.92. The third-order valence-corrected chi connectivity index (χ3v) is 3.04. The van der Waals surface area contributed by atoms with Gasteiger partial charge in [-0.05, 0) is 19.1 Å². The largest absolute Gasteiger partial charge is 0.496 e. The highest BCUT2D eigenvalue weighted by Crippen LogP contribution is 2.18. The molecule has 0 heterocycles. The second-order valence-electron chi connectivity index (χ2n) is 5.03. The van der Waals surface area contributed by atoms with E-state index in [2.05, 4.69) is 5.32 Å². The van der Waals surface area contributed by atoms with Gasteiger partial charge in [0, 0.05) is 38.3 Å². The van der Waals surface area contributed by atoms with E-state index in [0.29, 0.717) is 18.8 Å². The van der Waals surface area contributed by atoms with Crippen molar-refractivity contribution in [1.82, 2.24) is 5.32 Å². The van der Waals surface area contributed by atoms with Gasteiger partial charge in [0.2, 0.25) is 5.91 Å². The van der Waals surface area contributed by atoms with Gasteiger partial charge in [-0.2, -0.15) is 0 Å². The molecule has 1 aromatic rings. The van der Waals surface area contributed by atoms with E-state index in [4.69, 9.17) is 9.47 Å². The number of amides is 1. The zero-order valence-electron chi connectivity index (χ0n) is 12.8. The Labute approximate surface area is 125 Å². The zero-order valence-corrected chi connectivity index (χ0v) is 12.8. The van der Waals surface area contributed by atoms with Crippen molar-refractivity contribution in [3.8, 4) is 5.75 Å². The topological polar surface area (TPSA) is 67.8 Å². The summed E-state index contributed by atoms with van der Waals surface area (Å²) in [6, 6.07) is 7.42. The van der Waals surface area contributed by atoms with Gasteiger partial charge in [0.05, 0.1) is 12.7 Å². The Morgan fingerprint density at radius 2 is 2.10 bits per heavy atom. The van der Waals surface area contributed by atoms with E-state index in [1.165, 1.54) is 6.08 Å². The number of nitrogens with one attached hydrogen (secondary N) is 1. The van der Waals surface area contributed by atoms with Gasteiger partial charge >= 0.3 is 0 Å². The van der Waals surface area contributed by atoms with E-state index in [1.807, 2.05) is 24.3 Å². The van der Waals surface area contributed by atoms with Crippen LogP contribution >= 0.6 is 0 Å². The normalized spacial score (nSPS) is 13.9. The molecule has 0 saturated heterocycles. The van der Waals surface area contributed by atoms with Gasteiger partial charge in [-0.3, -0.25) is 4.79 Å². The summed E-state index contributed by atoms with van der Waals surface area (Å²) in [6.07, 6.45) is 3.56. The summed E-state index contributed by atoms with van der Waals surface area (Å²) in [5.74, 6) is 0.437. The number of carbonyl (C=O) groups excluding carboxylic acids is 1. The van der Waals surface area contributed by atoms with Crippen LogP contribution in [0.3, 0.4) is 0 Å². The van der Waals surface area contributed by atoms with Crippen molar-refractivity contribution < 1.29 is 19.4 Å². The van der Waals surface area contributed by atoms with Crippen molar-refractivity contribution in [2.75, 3.05) is 27.4 Å². The summed E-state index contributed by atoms with van der Waals surface area (Å²) < 4.78 is 10.1. The first-order chi connectivity index (χ1) is 9.98. The Morgan fingerprint density at radius 3 is 2.76 bits per heavy atom. The number of hydrogen-bond acceptors (Lipinski definition) is 4. The van der Waals surface area contributed by atoms with Crippen LogP contribution in [0.2, 0.25) is 0 Å². The van der Waals surface area contributed by atoms with Gasteiger partial charge in [0.25, 0.3) is 0 Å². The molecular formula is C16H23NO4. The molecule has 1 amide bonds. The number of para-hydroxylation sites is 1. The molecule has 21 heavy (non-hydrogen) atoms. The number of ether oxygens (including phenoxy) is 2. The first-order valence-corrected chi connectivity index (χ1v) is 6.79. The predicted molar refractivity (Wildman–Crippen MR) is 82.2 cm³/mol. The van der Waals surface area contributed by atoms with E-state index >= 15 is 0 Å². The van der Waals surface area contributed by atoms with Crippen molar-refractivity contribution in [3.05, 3.63) is 35.9 Å². The average molecular weight is 293 g/mol. The first kappa shape index (κ1) is 17.2. The molecule has 1 aromatic carbocycles. The molecule has 0 saturated carbocycles. The molecule has 5 heteroatoms. The molecule has 1 atom stereocenters. The first-order valence-electron chi connectivity index (χ1n) is 6.79. The van der Waals surface area contributed by atoms with Crippen LogP contribution in [-0.2, 0) is 9.53 Å². The zero-order chi connectivity index (χ0) is 15.7. The Hall–Kier alpha value is -1.85. The van der Waals surface area contributed by atoms with Crippen LogP contribution < -0.4 is 10.1 Å². The minimum absolute atomic E-state index is 0.172.